The molecule has 29 heavy (non-hydrogen) atoms. The fourth-order valence-electron chi connectivity index (χ4n) is 3.60. The van der Waals surface area contributed by atoms with Crippen LogP contribution in [0.1, 0.15) is 29.2 Å². The molecular weight excluding hydrogens is 377 g/mol. The third-order valence-corrected chi connectivity index (χ3v) is 5.48. The number of rotatable bonds is 5. The van der Waals surface area contributed by atoms with Crippen LogP contribution in [0.4, 0.5) is 24.5 Å². The summed E-state index contributed by atoms with van der Waals surface area (Å²) in [6, 6.07) is 9.73. The third-order valence-electron chi connectivity index (χ3n) is 5.48. The van der Waals surface area contributed by atoms with E-state index in [0.29, 0.717) is 35.7 Å². The number of nitrogen functional groups attached to an aromatic ring is 1. The minimum Gasteiger partial charge on any atom is -0.398 e. The summed E-state index contributed by atoms with van der Waals surface area (Å²) in [7, 11) is 0. The van der Waals surface area contributed by atoms with Crippen LogP contribution in [0, 0.1) is 12.8 Å². The standard InChI is InChI=1S/C22H27F3N4/c1-13-4-7-18(9-20(13)26)28-15(3)16-5-6-17(19(8-16)22(23,24)25)11-29-10-14(2)21(27)12-29/h4-9,14,21,28H,3,10-12,26-27H2,1-2H3/t14?,21-/m1/s1. The van der Waals surface area contributed by atoms with E-state index in [4.69, 9.17) is 11.5 Å². The van der Waals surface area contributed by atoms with Crippen molar-refractivity contribution >= 4 is 17.1 Å². The lowest BCUT2D eigenvalue weighted by Gasteiger charge is -2.21. The maximum atomic E-state index is 13.7. The molecule has 1 aliphatic rings. The first-order valence-electron chi connectivity index (χ1n) is 9.55. The Hall–Kier alpha value is -2.51. The minimum absolute atomic E-state index is 0.00506. The van der Waals surface area contributed by atoms with Gasteiger partial charge in [-0.2, -0.15) is 13.2 Å². The summed E-state index contributed by atoms with van der Waals surface area (Å²) in [5.74, 6) is 0.273. The van der Waals surface area contributed by atoms with Crippen molar-refractivity contribution in [1.29, 1.82) is 0 Å². The van der Waals surface area contributed by atoms with Crippen LogP contribution >= 0.6 is 0 Å². The Bertz CT molecular complexity index is 897. The predicted molar refractivity (Wildman–Crippen MR) is 112 cm³/mol. The highest BCUT2D eigenvalue weighted by Gasteiger charge is 2.35. The fraction of sp³-hybridized carbons (Fsp3) is 0.364. The number of halogens is 3. The highest BCUT2D eigenvalue weighted by molar-refractivity contribution is 5.77. The molecule has 2 aromatic rings. The van der Waals surface area contributed by atoms with E-state index in [1.807, 2.05) is 30.9 Å². The maximum Gasteiger partial charge on any atom is 0.416 e. The highest BCUT2D eigenvalue weighted by atomic mass is 19.4. The molecule has 1 saturated heterocycles. The molecule has 0 saturated carbocycles. The number of nitrogens with zero attached hydrogens (tertiary/aromatic N) is 1. The van der Waals surface area contributed by atoms with E-state index in [1.165, 1.54) is 6.07 Å². The number of alkyl halides is 3. The van der Waals surface area contributed by atoms with Gasteiger partial charge in [0.2, 0.25) is 0 Å². The summed E-state index contributed by atoms with van der Waals surface area (Å²) in [6.07, 6.45) is -4.45. The van der Waals surface area contributed by atoms with Crippen LogP contribution < -0.4 is 16.8 Å². The van der Waals surface area contributed by atoms with Gasteiger partial charge in [-0.3, -0.25) is 4.90 Å². The molecule has 1 aliphatic heterocycles. The van der Waals surface area contributed by atoms with Crippen molar-refractivity contribution in [3.05, 3.63) is 65.2 Å². The topological polar surface area (TPSA) is 67.3 Å². The van der Waals surface area contributed by atoms with Gasteiger partial charge in [-0.15, -0.1) is 0 Å². The van der Waals surface area contributed by atoms with Gasteiger partial charge in [0.25, 0.3) is 0 Å². The van der Waals surface area contributed by atoms with Gasteiger partial charge in [-0.05, 0) is 47.7 Å². The van der Waals surface area contributed by atoms with Gasteiger partial charge in [0.1, 0.15) is 0 Å². The molecule has 4 nitrogen and oxygen atoms in total. The van der Waals surface area contributed by atoms with E-state index in [0.717, 1.165) is 11.6 Å². The van der Waals surface area contributed by atoms with Gasteiger partial charge in [-0.25, -0.2) is 0 Å². The Morgan fingerprint density at radius 3 is 2.52 bits per heavy atom. The normalized spacial score (nSPS) is 20.1. The van der Waals surface area contributed by atoms with Crippen molar-refractivity contribution in [2.24, 2.45) is 11.7 Å². The quantitative estimate of drug-likeness (QED) is 0.644. The lowest BCUT2D eigenvalue weighted by molar-refractivity contribution is -0.138. The van der Waals surface area contributed by atoms with E-state index in [1.54, 1.807) is 12.1 Å². The average molecular weight is 404 g/mol. The lowest BCUT2D eigenvalue weighted by Crippen LogP contribution is -2.28. The largest absolute Gasteiger partial charge is 0.416 e. The van der Waals surface area contributed by atoms with Crippen molar-refractivity contribution in [3.8, 4) is 0 Å². The highest BCUT2D eigenvalue weighted by Crippen LogP contribution is 2.35. The van der Waals surface area contributed by atoms with E-state index in [9.17, 15) is 13.2 Å². The molecule has 2 atom stereocenters. The Morgan fingerprint density at radius 2 is 1.93 bits per heavy atom. The zero-order chi connectivity index (χ0) is 21.3. The number of likely N-dealkylation sites (tertiary alicyclic amines) is 1. The SMILES string of the molecule is C=C(Nc1ccc(C)c(N)c1)c1ccc(CN2CC(C)[C@H](N)C2)c(C(F)(F)F)c1. The van der Waals surface area contributed by atoms with Crippen LogP contribution in [0.15, 0.2) is 43.0 Å². The molecule has 2 aromatic carbocycles. The smallest absolute Gasteiger partial charge is 0.398 e. The number of benzene rings is 2. The second kappa shape index (κ2) is 8.08. The zero-order valence-electron chi connectivity index (χ0n) is 16.7. The van der Waals surface area contributed by atoms with Crippen molar-refractivity contribution < 1.29 is 13.2 Å². The van der Waals surface area contributed by atoms with Crippen molar-refractivity contribution in [1.82, 2.24) is 4.90 Å². The molecule has 3 rings (SSSR count). The van der Waals surface area contributed by atoms with Crippen molar-refractivity contribution in [2.45, 2.75) is 32.6 Å². The number of nitrogens with two attached hydrogens (primary N) is 2. The van der Waals surface area contributed by atoms with Crippen LogP contribution in [0.25, 0.3) is 5.70 Å². The Labute approximate surface area is 169 Å². The van der Waals surface area contributed by atoms with Crippen LogP contribution in [0.5, 0.6) is 0 Å². The first kappa shape index (κ1) is 21.2. The second-order valence-electron chi connectivity index (χ2n) is 7.88. The van der Waals surface area contributed by atoms with Gasteiger partial charge in [0, 0.05) is 42.7 Å². The molecular formula is C22H27F3N4. The molecule has 1 fully saturated rings. The molecule has 5 N–H and O–H groups in total. The predicted octanol–water partition coefficient (Wildman–Crippen LogP) is 4.46. The van der Waals surface area contributed by atoms with E-state index in [2.05, 4.69) is 11.9 Å². The molecule has 0 amide bonds. The monoisotopic (exact) mass is 404 g/mol. The Balaban J connectivity index is 1.83. The molecule has 0 bridgehead atoms. The van der Waals surface area contributed by atoms with Crippen molar-refractivity contribution in [3.63, 3.8) is 0 Å². The average Bonchev–Trinajstić information content (AvgIpc) is 2.95. The van der Waals surface area contributed by atoms with E-state index < -0.39 is 11.7 Å². The van der Waals surface area contributed by atoms with Gasteiger partial charge in [-0.1, -0.05) is 31.7 Å². The second-order valence-corrected chi connectivity index (χ2v) is 7.88. The fourth-order valence-corrected chi connectivity index (χ4v) is 3.60. The molecule has 0 radical (unpaired) electrons. The molecule has 0 aliphatic carbocycles. The Kier molecular flexibility index (Phi) is 5.91. The summed E-state index contributed by atoms with van der Waals surface area (Å²) in [5, 5.41) is 3.04. The van der Waals surface area contributed by atoms with Gasteiger partial charge in [0.05, 0.1) is 5.56 Å². The molecule has 1 heterocycles. The lowest BCUT2D eigenvalue weighted by atomic mass is 10.0. The molecule has 7 heteroatoms. The maximum absolute atomic E-state index is 13.7. The molecule has 156 valence electrons. The molecule has 1 unspecified atom stereocenters. The van der Waals surface area contributed by atoms with Gasteiger partial charge < -0.3 is 16.8 Å². The number of aryl methyl sites for hydroxylation is 1. The molecule has 0 spiro atoms. The van der Waals surface area contributed by atoms with Gasteiger partial charge >= 0.3 is 6.18 Å². The van der Waals surface area contributed by atoms with E-state index >= 15 is 0 Å². The van der Waals surface area contributed by atoms with Crippen LogP contribution in [-0.4, -0.2) is 24.0 Å². The number of nitrogens with one attached hydrogen (secondary N) is 1. The van der Waals surface area contributed by atoms with Crippen LogP contribution in [-0.2, 0) is 12.7 Å². The zero-order valence-corrected chi connectivity index (χ0v) is 16.7. The first-order chi connectivity index (χ1) is 13.5. The molecule has 0 aromatic heterocycles. The Morgan fingerprint density at radius 1 is 1.21 bits per heavy atom. The number of hydrogen-bond acceptors (Lipinski definition) is 4. The van der Waals surface area contributed by atoms with Gasteiger partial charge in [0.15, 0.2) is 0 Å². The summed E-state index contributed by atoms with van der Waals surface area (Å²) in [5.41, 5.74) is 14.5. The third kappa shape index (κ3) is 4.92. The van der Waals surface area contributed by atoms with Crippen LogP contribution in [0.3, 0.4) is 0 Å². The van der Waals surface area contributed by atoms with Crippen molar-refractivity contribution in [2.75, 3.05) is 24.1 Å². The summed E-state index contributed by atoms with van der Waals surface area (Å²) in [6.45, 7) is 9.33. The van der Waals surface area contributed by atoms with Crippen LogP contribution in [0.2, 0.25) is 0 Å². The number of hydrogen-bond donors (Lipinski definition) is 3. The first-order valence-corrected chi connectivity index (χ1v) is 9.55. The number of anilines is 2. The minimum atomic E-state index is -4.45. The van der Waals surface area contributed by atoms with E-state index in [-0.39, 0.29) is 24.1 Å². The summed E-state index contributed by atoms with van der Waals surface area (Å²) < 4.78 is 41.2. The summed E-state index contributed by atoms with van der Waals surface area (Å²) >= 11 is 0. The summed E-state index contributed by atoms with van der Waals surface area (Å²) in [4.78, 5) is 1.97.